The van der Waals surface area contributed by atoms with Gasteiger partial charge in [-0.25, -0.2) is 21.1 Å². The van der Waals surface area contributed by atoms with E-state index in [1.807, 2.05) is 18.2 Å². The molecular weight excluding hydrogens is 502 g/mol. The van der Waals surface area contributed by atoms with Gasteiger partial charge in [-0.2, -0.15) is 4.31 Å². The first-order chi connectivity index (χ1) is 17.2. The predicted octanol–water partition coefficient (Wildman–Crippen LogP) is 3.05. The Morgan fingerprint density at radius 1 is 0.917 bits per heavy atom. The number of rotatable bonds is 8. The average Bonchev–Trinajstić information content (AvgIpc) is 2.89. The van der Waals surface area contributed by atoms with Gasteiger partial charge in [0.15, 0.2) is 0 Å². The third kappa shape index (κ3) is 6.08. The fraction of sp³-hybridized carbons (Fsp3) is 0.480. The summed E-state index contributed by atoms with van der Waals surface area (Å²) in [4.78, 5) is 13.0. The number of nitrogens with one attached hydrogen (secondary N) is 1. The van der Waals surface area contributed by atoms with Gasteiger partial charge in [0.25, 0.3) is 0 Å². The standard InChI is InChI=1S/C25H33N3O6S2/c1-34-23-11-10-22(18-24(23)36(32,33)28-14-6-3-7-15-28)26-25(29)21-12-16-27(17-13-21)35(30,31)19-20-8-4-2-5-9-20/h2,4-5,8-11,18,21H,3,6-7,12-17,19H2,1H3,(H,26,29). The van der Waals surface area contributed by atoms with Crippen LogP contribution in [0.15, 0.2) is 53.4 Å². The van der Waals surface area contributed by atoms with E-state index in [1.165, 1.54) is 21.8 Å². The van der Waals surface area contributed by atoms with Gasteiger partial charge in [0.1, 0.15) is 10.6 Å². The Morgan fingerprint density at radius 3 is 2.22 bits per heavy atom. The Balaban J connectivity index is 1.40. The van der Waals surface area contributed by atoms with E-state index in [0.29, 0.717) is 31.6 Å². The topological polar surface area (TPSA) is 113 Å². The molecule has 0 bridgehead atoms. The van der Waals surface area contributed by atoms with Gasteiger partial charge in [0.05, 0.1) is 12.9 Å². The van der Waals surface area contributed by atoms with Crippen molar-refractivity contribution in [2.24, 2.45) is 5.92 Å². The molecule has 1 N–H and O–H groups in total. The molecule has 0 aromatic heterocycles. The summed E-state index contributed by atoms with van der Waals surface area (Å²) in [6, 6.07) is 13.6. The van der Waals surface area contributed by atoms with Crippen molar-refractivity contribution in [1.82, 2.24) is 8.61 Å². The number of benzene rings is 2. The average molecular weight is 536 g/mol. The number of anilines is 1. The zero-order valence-corrected chi connectivity index (χ0v) is 22.1. The molecule has 0 saturated carbocycles. The summed E-state index contributed by atoms with van der Waals surface area (Å²) in [5.74, 6) is -0.445. The first-order valence-corrected chi connectivity index (χ1v) is 15.3. The number of hydrogen-bond acceptors (Lipinski definition) is 6. The van der Waals surface area contributed by atoms with Crippen molar-refractivity contribution >= 4 is 31.6 Å². The molecule has 2 aromatic carbocycles. The van der Waals surface area contributed by atoms with E-state index in [-0.39, 0.29) is 41.3 Å². The molecule has 2 aliphatic heterocycles. The smallest absolute Gasteiger partial charge is 0.246 e. The van der Waals surface area contributed by atoms with Crippen molar-refractivity contribution in [1.29, 1.82) is 0 Å². The maximum atomic E-state index is 13.2. The molecular formula is C25H33N3O6S2. The van der Waals surface area contributed by atoms with Crippen LogP contribution >= 0.6 is 0 Å². The lowest BCUT2D eigenvalue weighted by molar-refractivity contribution is -0.120. The van der Waals surface area contributed by atoms with Gasteiger partial charge in [-0.3, -0.25) is 4.79 Å². The van der Waals surface area contributed by atoms with Gasteiger partial charge in [-0.15, -0.1) is 0 Å². The third-order valence-corrected chi connectivity index (χ3v) is 10.5. The third-order valence-electron chi connectivity index (χ3n) is 6.77. The fourth-order valence-electron chi connectivity index (χ4n) is 4.72. The summed E-state index contributed by atoms with van der Waals surface area (Å²) in [6.45, 7) is 1.47. The monoisotopic (exact) mass is 535 g/mol. The second-order valence-electron chi connectivity index (χ2n) is 9.23. The van der Waals surface area contributed by atoms with Crippen LogP contribution in [0.2, 0.25) is 0 Å². The fourth-order valence-corrected chi connectivity index (χ4v) is 7.98. The minimum Gasteiger partial charge on any atom is -0.495 e. The molecule has 9 nitrogen and oxygen atoms in total. The summed E-state index contributed by atoms with van der Waals surface area (Å²) in [7, 11) is -5.80. The number of ether oxygens (including phenoxy) is 1. The zero-order valence-electron chi connectivity index (χ0n) is 20.4. The molecule has 2 saturated heterocycles. The molecule has 196 valence electrons. The van der Waals surface area contributed by atoms with E-state index in [4.69, 9.17) is 4.74 Å². The van der Waals surface area contributed by atoms with E-state index < -0.39 is 20.0 Å². The van der Waals surface area contributed by atoms with Crippen LogP contribution in [0, 0.1) is 5.92 Å². The quantitative estimate of drug-likeness (QED) is 0.556. The van der Waals surface area contributed by atoms with Crippen LogP contribution < -0.4 is 10.1 Å². The highest BCUT2D eigenvalue weighted by atomic mass is 32.2. The Morgan fingerprint density at radius 2 is 1.58 bits per heavy atom. The van der Waals surface area contributed by atoms with E-state index in [9.17, 15) is 21.6 Å². The minimum absolute atomic E-state index is 0.0338. The molecule has 4 rings (SSSR count). The molecule has 36 heavy (non-hydrogen) atoms. The van der Waals surface area contributed by atoms with E-state index in [0.717, 1.165) is 24.8 Å². The highest BCUT2D eigenvalue weighted by molar-refractivity contribution is 7.89. The predicted molar refractivity (Wildman–Crippen MR) is 138 cm³/mol. The van der Waals surface area contributed by atoms with Gasteiger partial charge in [0.2, 0.25) is 26.0 Å². The largest absolute Gasteiger partial charge is 0.495 e. The van der Waals surface area contributed by atoms with Crippen molar-refractivity contribution in [3.05, 3.63) is 54.1 Å². The van der Waals surface area contributed by atoms with Crippen molar-refractivity contribution in [2.45, 2.75) is 42.8 Å². The second kappa shape index (κ2) is 11.3. The minimum atomic E-state index is -3.75. The first kappa shape index (κ1) is 26.6. The van der Waals surface area contributed by atoms with Crippen molar-refractivity contribution in [3.63, 3.8) is 0 Å². The SMILES string of the molecule is COc1ccc(NC(=O)C2CCN(S(=O)(=O)Cc3ccccc3)CC2)cc1S(=O)(=O)N1CCCCC1. The number of amides is 1. The number of piperidine rings is 2. The van der Waals surface area contributed by atoms with Crippen molar-refractivity contribution in [3.8, 4) is 5.75 Å². The van der Waals surface area contributed by atoms with Crippen molar-refractivity contribution in [2.75, 3.05) is 38.6 Å². The van der Waals surface area contributed by atoms with Gasteiger partial charge < -0.3 is 10.1 Å². The molecule has 1 amide bonds. The van der Waals surface area contributed by atoms with Crippen LogP contribution in [0.1, 0.15) is 37.7 Å². The van der Waals surface area contributed by atoms with Crippen LogP contribution in [-0.2, 0) is 30.6 Å². The number of carbonyl (C=O) groups excluding carboxylic acids is 1. The number of nitrogens with zero attached hydrogens (tertiary/aromatic N) is 2. The van der Waals surface area contributed by atoms with Gasteiger partial charge >= 0.3 is 0 Å². The Hall–Kier alpha value is -2.47. The molecule has 0 spiro atoms. The molecule has 0 unspecified atom stereocenters. The first-order valence-electron chi connectivity index (χ1n) is 12.2. The molecule has 0 atom stereocenters. The number of hydrogen-bond donors (Lipinski definition) is 1. The summed E-state index contributed by atoms with van der Waals surface area (Å²) in [6.07, 6.45) is 3.44. The molecule has 0 radical (unpaired) electrons. The van der Waals surface area contributed by atoms with Gasteiger partial charge in [-0.05, 0) is 49.4 Å². The zero-order chi connectivity index (χ0) is 25.8. The lowest BCUT2D eigenvalue weighted by atomic mass is 9.97. The lowest BCUT2D eigenvalue weighted by Crippen LogP contribution is -2.41. The van der Waals surface area contributed by atoms with Gasteiger partial charge in [-0.1, -0.05) is 36.8 Å². The van der Waals surface area contributed by atoms with Crippen LogP contribution in [0.3, 0.4) is 0 Å². The lowest BCUT2D eigenvalue weighted by Gasteiger charge is -2.30. The number of methoxy groups -OCH3 is 1. The second-order valence-corrected chi connectivity index (χ2v) is 13.1. The molecule has 2 fully saturated rings. The number of carbonyl (C=O) groups is 1. The Kier molecular flexibility index (Phi) is 8.34. The Bertz CT molecular complexity index is 1270. The van der Waals surface area contributed by atoms with Crippen LogP contribution in [0.4, 0.5) is 5.69 Å². The molecule has 2 aliphatic rings. The molecule has 2 heterocycles. The van der Waals surface area contributed by atoms with E-state index >= 15 is 0 Å². The van der Waals surface area contributed by atoms with E-state index in [1.54, 1.807) is 24.3 Å². The van der Waals surface area contributed by atoms with E-state index in [2.05, 4.69) is 5.32 Å². The molecule has 11 heteroatoms. The summed E-state index contributed by atoms with van der Waals surface area (Å²) in [5, 5.41) is 2.83. The molecule has 0 aliphatic carbocycles. The Labute approximate surface area is 213 Å². The number of sulfonamides is 2. The summed E-state index contributed by atoms with van der Waals surface area (Å²) >= 11 is 0. The van der Waals surface area contributed by atoms with Gasteiger partial charge in [0, 0.05) is 37.8 Å². The van der Waals surface area contributed by atoms with Crippen LogP contribution in [0.25, 0.3) is 0 Å². The summed E-state index contributed by atoms with van der Waals surface area (Å²) in [5.41, 5.74) is 1.10. The summed E-state index contributed by atoms with van der Waals surface area (Å²) < 4.78 is 60.3. The van der Waals surface area contributed by atoms with Crippen LogP contribution in [-0.4, -0.2) is 64.6 Å². The maximum Gasteiger partial charge on any atom is 0.246 e. The maximum absolute atomic E-state index is 13.2. The molecule has 2 aromatic rings. The normalized spacial score (nSPS) is 18.6. The van der Waals surface area contributed by atoms with Crippen molar-refractivity contribution < 1.29 is 26.4 Å². The highest BCUT2D eigenvalue weighted by Crippen LogP contribution is 2.32. The highest BCUT2D eigenvalue weighted by Gasteiger charge is 2.32. The van der Waals surface area contributed by atoms with Crippen LogP contribution in [0.5, 0.6) is 5.75 Å².